The molecule has 0 aliphatic carbocycles. The smallest absolute Gasteiger partial charge is 0.231 e. The molecule has 0 atom stereocenters. The van der Waals surface area contributed by atoms with E-state index in [9.17, 15) is 0 Å². The zero-order valence-corrected chi connectivity index (χ0v) is 11.7. The van der Waals surface area contributed by atoms with Gasteiger partial charge in [-0.15, -0.1) is 12.3 Å². The summed E-state index contributed by atoms with van der Waals surface area (Å²) in [6.07, 6.45) is 4.64. The molecular weight excluding hydrogens is 260 g/mol. The molecule has 1 heterocycles. The van der Waals surface area contributed by atoms with Crippen LogP contribution < -0.4 is 9.47 Å². The summed E-state index contributed by atoms with van der Waals surface area (Å²) in [4.78, 5) is 0. The molecule has 104 valence electrons. The van der Waals surface area contributed by atoms with E-state index in [1.165, 1.54) is 0 Å². The van der Waals surface area contributed by atoms with E-state index in [0.717, 1.165) is 34.6 Å². The molecule has 0 unspecified atom stereocenters. The fraction of sp³-hybridized carbons (Fsp3) is 0.105. The molecule has 0 N–H and O–H groups in total. The van der Waals surface area contributed by atoms with Crippen LogP contribution >= 0.6 is 0 Å². The van der Waals surface area contributed by atoms with Crippen molar-refractivity contribution in [2.24, 2.45) is 0 Å². The van der Waals surface area contributed by atoms with Crippen LogP contribution in [0.5, 0.6) is 11.5 Å². The fourth-order valence-electron chi connectivity index (χ4n) is 2.22. The summed E-state index contributed by atoms with van der Waals surface area (Å²) in [5.74, 6) is 1.58. The van der Waals surface area contributed by atoms with Crippen molar-refractivity contribution >= 4 is 11.6 Å². The molecular formula is C19H16O2. The van der Waals surface area contributed by atoms with Crippen molar-refractivity contribution in [1.82, 2.24) is 0 Å². The van der Waals surface area contributed by atoms with E-state index in [0.29, 0.717) is 6.79 Å². The molecule has 0 spiro atoms. The van der Waals surface area contributed by atoms with Gasteiger partial charge in [0.15, 0.2) is 11.5 Å². The Balaban J connectivity index is 1.95. The highest BCUT2D eigenvalue weighted by atomic mass is 16.7. The number of allylic oxidation sites excluding steroid dienone is 2. The summed E-state index contributed by atoms with van der Waals surface area (Å²) in [5, 5.41) is 0. The second kappa shape index (κ2) is 6.17. The molecule has 1 aliphatic rings. The van der Waals surface area contributed by atoms with E-state index < -0.39 is 0 Å². The number of hydrogen-bond donors (Lipinski definition) is 0. The van der Waals surface area contributed by atoms with E-state index in [1.807, 2.05) is 48.6 Å². The van der Waals surface area contributed by atoms with E-state index in [-0.39, 0.29) is 0 Å². The number of hydrogen-bond acceptors (Lipinski definition) is 2. The Labute approximate surface area is 124 Å². The van der Waals surface area contributed by atoms with Crippen molar-refractivity contribution in [2.45, 2.75) is 6.42 Å². The monoisotopic (exact) mass is 276 g/mol. The highest BCUT2D eigenvalue weighted by molar-refractivity contribution is 5.70. The van der Waals surface area contributed by atoms with Gasteiger partial charge in [-0.25, -0.2) is 0 Å². The highest BCUT2D eigenvalue weighted by Gasteiger charge is 2.12. The first-order valence-corrected chi connectivity index (χ1v) is 6.88. The molecule has 21 heavy (non-hydrogen) atoms. The van der Waals surface area contributed by atoms with E-state index in [4.69, 9.17) is 9.47 Å². The zero-order valence-electron chi connectivity index (χ0n) is 11.7. The van der Waals surface area contributed by atoms with Crippen LogP contribution in [0.4, 0.5) is 0 Å². The normalized spacial score (nSPS) is 11.6. The Bertz CT molecular complexity index is 708. The lowest BCUT2D eigenvalue weighted by atomic mass is 10.0. The van der Waals surface area contributed by atoms with Crippen LogP contribution in [0.1, 0.15) is 17.5 Å². The molecule has 2 nitrogen and oxygen atoms in total. The van der Waals surface area contributed by atoms with Crippen LogP contribution in [0.15, 0.2) is 66.9 Å². The van der Waals surface area contributed by atoms with Gasteiger partial charge in [-0.3, -0.25) is 0 Å². The Hall–Kier alpha value is -2.70. The predicted molar refractivity (Wildman–Crippen MR) is 85.2 cm³/mol. The third-order valence-corrected chi connectivity index (χ3v) is 3.28. The second-order valence-corrected chi connectivity index (χ2v) is 4.74. The van der Waals surface area contributed by atoms with Gasteiger partial charge in [-0.1, -0.05) is 42.5 Å². The average molecular weight is 276 g/mol. The Kier molecular flexibility index (Phi) is 3.90. The standard InChI is InChI=1S/C19H16O2/c1-2-6-16(17-7-4-3-5-8-17)11-9-15-10-12-18-19(13-15)21-14-20-18/h2-5,7-10,12-13H,1,6,14H2. The molecule has 1 aliphatic heterocycles. The minimum Gasteiger partial charge on any atom is -0.454 e. The molecule has 0 saturated heterocycles. The molecule has 0 bridgehead atoms. The van der Waals surface area contributed by atoms with Gasteiger partial charge in [0.2, 0.25) is 6.79 Å². The fourth-order valence-corrected chi connectivity index (χ4v) is 2.22. The molecule has 3 rings (SSSR count). The molecule has 2 heteroatoms. The Morgan fingerprint density at radius 2 is 1.90 bits per heavy atom. The third kappa shape index (κ3) is 3.07. The lowest BCUT2D eigenvalue weighted by Gasteiger charge is -2.01. The van der Waals surface area contributed by atoms with Crippen LogP contribution in [0.2, 0.25) is 0 Å². The quantitative estimate of drug-likeness (QED) is 0.596. The minimum atomic E-state index is 0.296. The van der Waals surface area contributed by atoms with Crippen molar-refractivity contribution in [3.05, 3.63) is 78.0 Å². The number of ether oxygens (including phenoxy) is 2. The largest absolute Gasteiger partial charge is 0.454 e. The maximum absolute atomic E-state index is 5.39. The summed E-state index contributed by atoms with van der Waals surface area (Å²) in [6, 6.07) is 16.1. The van der Waals surface area contributed by atoms with Crippen molar-refractivity contribution in [1.29, 1.82) is 0 Å². The van der Waals surface area contributed by atoms with Crippen LogP contribution in [0, 0.1) is 0 Å². The van der Waals surface area contributed by atoms with Crippen molar-refractivity contribution in [2.75, 3.05) is 6.79 Å². The SMILES string of the molecule is C=CCC(=C=Cc1ccc2c(c1)OCO2)c1ccccc1. The van der Waals surface area contributed by atoms with Crippen LogP contribution in [0.25, 0.3) is 11.6 Å². The summed E-state index contributed by atoms with van der Waals surface area (Å²) in [5.41, 5.74) is 6.68. The van der Waals surface area contributed by atoms with Gasteiger partial charge in [0.25, 0.3) is 0 Å². The van der Waals surface area contributed by atoms with Gasteiger partial charge in [-0.05, 0) is 35.8 Å². The summed E-state index contributed by atoms with van der Waals surface area (Å²) >= 11 is 0. The molecule has 2 aromatic carbocycles. The topological polar surface area (TPSA) is 18.5 Å². The molecule has 0 fully saturated rings. The molecule has 0 radical (unpaired) electrons. The molecule has 0 amide bonds. The van der Waals surface area contributed by atoms with Crippen LogP contribution in [-0.2, 0) is 0 Å². The van der Waals surface area contributed by atoms with Gasteiger partial charge in [0.05, 0.1) is 0 Å². The van der Waals surface area contributed by atoms with Crippen LogP contribution in [-0.4, -0.2) is 6.79 Å². The van der Waals surface area contributed by atoms with Gasteiger partial charge in [0, 0.05) is 5.57 Å². The second-order valence-electron chi connectivity index (χ2n) is 4.74. The summed E-state index contributed by atoms with van der Waals surface area (Å²) < 4.78 is 10.7. The zero-order chi connectivity index (χ0) is 14.5. The molecule has 0 aromatic heterocycles. The van der Waals surface area contributed by atoms with Gasteiger partial charge >= 0.3 is 0 Å². The van der Waals surface area contributed by atoms with E-state index in [1.54, 1.807) is 0 Å². The first-order valence-electron chi connectivity index (χ1n) is 6.88. The Morgan fingerprint density at radius 3 is 2.71 bits per heavy atom. The number of benzene rings is 2. The van der Waals surface area contributed by atoms with E-state index >= 15 is 0 Å². The van der Waals surface area contributed by atoms with Crippen LogP contribution in [0.3, 0.4) is 0 Å². The molecule has 2 aromatic rings. The highest BCUT2D eigenvalue weighted by Crippen LogP contribution is 2.32. The summed E-state index contributed by atoms with van der Waals surface area (Å²) in [7, 11) is 0. The Morgan fingerprint density at radius 1 is 1.10 bits per heavy atom. The maximum Gasteiger partial charge on any atom is 0.231 e. The van der Waals surface area contributed by atoms with Crippen molar-refractivity contribution in [3.63, 3.8) is 0 Å². The average Bonchev–Trinajstić information content (AvgIpc) is 3.00. The van der Waals surface area contributed by atoms with E-state index in [2.05, 4.69) is 24.4 Å². The van der Waals surface area contributed by atoms with Crippen molar-refractivity contribution in [3.8, 4) is 11.5 Å². The summed E-state index contributed by atoms with van der Waals surface area (Å²) in [6.45, 7) is 4.11. The lowest BCUT2D eigenvalue weighted by molar-refractivity contribution is 0.174. The predicted octanol–water partition coefficient (Wildman–Crippen LogP) is 4.69. The van der Waals surface area contributed by atoms with Gasteiger partial charge in [-0.2, -0.15) is 0 Å². The number of fused-ring (bicyclic) bond motifs is 1. The lowest BCUT2D eigenvalue weighted by Crippen LogP contribution is -1.92. The molecule has 0 saturated carbocycles. The first-order chi connectivity index (χ1) is 10.4. The van der Waals surface area contributed by atoms with Gasteiger partial charge in [0.1, 0.15) is 0 Å². The van der Waals surface area contributed by atoms with Gasteiger partial charge < -0.3 is 9.47 Å². The minimum absolute atomic E-state index is 0.296. The number of rotatable bonds is 4. The third-order valence-electron chi connectivity index (χ3n) is 3.28. The first kappa shape index (κ1) is 13.3. The maximum atomic E-state index is 5.39. The van der Waals surface area contributed by atoms with Crippen molar-refractivity contribution < 1.29 is 9.47 Å².